The Hall–Kier alpha value is -1.06. The Balaban J connectivity index is 1.74. The van der Waals surface area contributed by atoms with Gasteiger partial charge in [0.25, 0.3) is 0 Å². The molecule has 0 saturated carbocycles. The van der Waals surface area contributed by atoms with Gasteiger partial charge in [0.2, 0.25) is 0 Å². The minimum Gasteiger partial charge on any atom is -0.491 e. The Morgan fingerprint density at radius 3 is 2.70 bits per heavy atom. The maximum Gasteiger partial charge on any atom is 0.119 e. The molecule has 0 bridgehead atoms. The van der Waals surface area contributed by atoms with Gasteiger partial charge in [0, 0.05) is 19.1 Å². The van der Waals surface area contributed by atoms with E-state index in [4.69, 9.17) is 4.74 Å². The van der Waals surface area contributed by atoms with E-state index in [2.05, 4.69) is 55.3 Å². The fourth-order valence-corrected chi connectivity index (χ4v) is 2.88. The minimum absolute atomic E-state index is 0.237. The zero-order valence-electron chi connectivity index (χ0n) is 13.1. The van der Waals surface area contributed by atoms with Crippen molar-refractivity contribution in [3.8, 4) is 5.75 Å². The molecule has 0 radical (unpaired) electrons. The summed E-state index contributed by atoms with van der Waals surface area (Å²) in [4.78, 5) is 2.58. The van der Waals surface area contributed by atoms with Gasteiger partial charge < -0.3 is 10.1 Å². The maximum absolute atomic E-state index is 5.66. The number of nitrogens with one attached hydrogen (secondary N) is 1. The largest absolute Gasteiger partial charge is 0.491 e. The molecule has 0 aromatic heterocycles. The summed E-state index contributed by atoms with van der Waals surface area (Å²) in [7, 11) is 0. The molecule has 1 aromatic rings. The van der Waals surface area contributed by atoms with Crippen molar-refractivity contribution in [3.05, 3.63) is 29.8 Å². The van der Waals surface area contributed by atoms with Crippen molar-refractivity contribution in [1.82, 2.24) is 10.2 Å². The predicted octanol–water partition coefficient (Wildman–Crippen LogP) is 3.05. The average Bonchev–Trinajstić information content (AvgIpc) is 2.87. The van der Waals surface area contributed by atoms with Crippen LogP contribution in [0.1, 0.15) is 39.2 Å². The molecule has 20 heavy (non-hydrogen) atoms. The van der Waals surface area contributed by atoms with Gasteiger partial charge in [0.05, 0.1) is 6.10 Å². The minimum atomic E-state index is 0.237. The Morgan fingerprint density at radius 2 is 2.05 bits per heavy atom. The molecule has 1 aromatic carbocycles. The number of likely N-dealkylation sites (N-methyl/N-ethyl adjacent to an activating group) is 1. The normalized spacial score (nSPS) is 19.7. The van der Waals surface area contributed by atoms with Gasteiger partial charge in [-0.2, -0.15) is 0 Å². The monoisotopic (exact) mass is 276 g/mol. The lowest BCUT2D eigenvalue weighted by atomic mass is 10.2. The van der Waals surface area contributed by atoms with Gasteiger partial charge in [-0.25, -0.2) is 0 Å². The van der Waals surface area contributed by atoms with Crippen LogP contribution in [0.3, 0.4) is 0 Å². The van der Waals surface area contributed by atoms with Gasteiger partial charge >= 0.3 is 0 Å². The van der Waals surface area contributed by atoms with Crippen molar-refractivity contribution >= 4 is 0 Å². The first kappa shape index (κ1) is 15.3. The van der Waals surface area contributed by atoms with Gasteiger partial charge in [0.15, 0.2) is 0 Å². The molecular weight excluding hydrogens is 248 g/mol. The van der Waals surface area contributed by atoms with E-state index >= 15 is 0 Å². The van der Waals surface area contributed by atoms with Crippen LogP contribution < -0.4 is 10.1 Å². The summed E-state index contributed by atoms with van der Waals surface area (Å²) in [5.74, 6) is 0.955. The molecule has 1 saturated heterocycles. The third-order valence-corrected chi connectivity index (χ3v) is 3.91. The molecule has 1 fully saturated rings. The van der Waals surface area contributed by atoms with E-state index in [0.29, 0.717) is 0 Å². The maximum atomic E-state index is 5.66. The van der Waals surface area contributed by atoms with Crippen LogP contribution in [0.5, 0.6) is 5.75 Å². The SMILES string of the molecule is CCN1CCC[C@H]1CNCc1ccc(OC(C)C)cc1. The van der Waals surface area contributed by atoms with Crippen molar-refractivity contribution in [1.29, 1.82) is 0 Å². The standard InChI is InChI=1S/C17H28N2O/c1-4-19-11-5-6-16(19)13-18-12-15-7-9-17(10-8-15)20-14(2)3/h7-10,14,16,18H,4-6,11-13H2,1-3H3/t16-/m0/s1. The van der Waals surface area contributed by atoms with E-state index in [-0.39, 0.29) is 6.10 Å². The summed E-state index contributed by atoms with van der Waals surface area (Å²) in [6.45, 7) is 10.8. The molecule has 1 atom stereocenters. The second-order valence-electron chi connectivity index (χ2n) is 5.87. The van der Waals surface area contributed by atoms with Crippen LogP contribution in [-0.2, 0) is 6.54 Å². The Labute approximate surface area is 123 Å². The lowest BCUT2D eigenvalue weighted by Gasteiger charge is -2.23. The summed E-state index contributed by atoms with van der Waals surface area (Å²) in [5, 5.41) is 3.59. The van der Waals surface area contributed by atoms with Gasteiger partial charge in [-0.05, 0) is 57.5 Å². The number of likely N-dealkylation sites (tertiary alicyclic amines) is 1. The summed E-state index contributed by atoms with van der Waals surface area (Å²) in [6, 6.07) is 9.15. The van der Waals surface area contributed by atoms with Gasteiger partial charge in [-0.1, -0.05) is 19.1 Å². The smallest absolute Gasteiger partial charge is 0.119 e. The van der Waals surface area contributed by atoms with Crippen molar-refractivity contribution < 1.29 is 4.74 Å². The fourth-order valence-electron chi connectivity index (χ4n) is 2.88. The van der Waals surface area contributed by atoms with E-state index in [1.807, 2.05) is 0 Å². The third kappa shape index (κ3) is 4.50. The number of benzene rings is 1. The molecule has 1 aliphatic heterocycles. The first-order chi connectivity index (χ1) is 9.69. The second-order valence-corrected chi connectivity index (χ2v) is 5.87. The lowest BCUT2D eigenvalue weighted by Crippen LogP contribution is -2.37. The third-order valence-electron chi connectivity index (χ3n) is 3.91. The first-order valence-corrected chi connectivity index (χ1v) is 7.89. The summed E-state index contributed by atoms with van der Waals surface area (Å²) in [6.07, 6.45) is 2.92. The second kappa shape index (κ2) is 7.65. The summed E-state index contributed by atoms with van der Waals surface area (Å²) >= 11 is 0. The van der Waals surface area contributed by atoms with E-state index < -0.39 is 0 Å². The highest BCUT2D eigenvalue weighted by atomic mass is 16.5. The number of hydrogen-bond acceptors (Lipinski definition) is 3. The van der Waals surface area contributed by atoms with Crippen molar-refractivity contribution in [2.75, 3.05) is 19.6 Å². The zero-order chi connectivity index (χ0) is 14.4. The quantitative estimate of drug-likeness (QED) is 0.828. The van der Waals surface area contributed by atoms with Gasteiger partial charge in [-0.15, -0.1) is 0 Å². The number of nitrogens with zero attached hydrogens (tertiary/aromatic N) is 1. The molecule has 2 rings (SSSR count). The average molecular weight is 276 g/mol. The van der Waals surface area contributed by atoms with Gasteiger partial charge in [-0.3, -0.25) is 4.90 Å². The fraction of sp³-hybridized carbons (Fsp3) is 0.647. The molecule has 0 aliphatic carbocycles. The highest BCUT2D eigenvalue weighted by molar-refractivity contribution is 5.27. The summed E-state index contributed by atoms with van der Waals surface area (Å²) in [5.41, 5.74) is 1.32. The molecule has 0 spiro atoms. The number of hydrogen-bond donors (Lipinski definition) is 1. The molecule has 0 unspecified atom stereocenters. The predicted molar refractivity (Wildman–Crippen MR) is 84.2 cm³/mol. The number of rotatable bonds is 7. The van der Waals surface area contributed by atoms with Crippen LogP contribution in [0, 0.1) is 0 Å². The van der Waals surface area contributed by atoms with Crippen molar-refractivity contribution in [2.24, 2.45) is 0 Å². The Morgan fingerprint density at radius 1 is 1.30 bits per heavy atom. The molecular formula is C17H28N2O. The van der Waals surface area contributed by atoms with Gasteiger partial charge in [0.1, 0.15) is 5.75 Å². The van der Waals surface area contributed by atoms with E-state index in [1.54, 1.807) is 0 Å². The number of ether oxygens (including phenoxy) is 1. The molecule has 1 aliphatic rings. The van der Waals surface area contributed by atoms with E-state index in [1.165, 1.54) is 31.5 Å². The van der Waals surface area contributed by atoms with Crippen LogP contribution in [0.4, 0.5) is 0 Å². The van der Waals surface area contributed by atoms with E-state index in [9.17, 15) is 0 Å². The van der Waals surface area contributed by atoms with Crippen LogP contribution in [-0.4, -0.2) is 36.7 Å². The highest BCUT2D eigenvalue weighted by Gasteiger charge is 2.21. The first-order valence-electron chi connectivity index (χ1n) is 7.89. The molecule has 1 N–H and O–H groups in total. The topological polar surface area (TPSA) is 24.5 Å². The van der Waals surface area contributed by atoms with Crippen LogP contribution in [0.2, 0.25) is 0 Å². The van der Waals surface area contributed by atoms with Crippen LogP contribution in [0.25, 0.3) is 0 Å². The zero-order valence-corrected chi connectivity index (χ0v) is 13.1. The Kier molecular flexibility index (Phi) is 5.86. The van der Waals surface area contributed by atoms with Crippen LogP contribution in [0.15, 0.2) is 24.3 Å². The highest BCUT2D eigenvalue weighted by Crippen LogP contribution is 2.16. The van der Waals surface area contributed by atoms with E-state index in [0.717, 1.165) is 24.9 Å². The van der Waals surface area contributed by atoms with Crippen molar-refractivity contribution in [3.63, 3.8) is 0 Å². The van der Waals surface area contributed by atoms with Crippen LogP contribution >= 0.6 is 0 Å². The Bertz CT molecular complexity index is 388. The molecule has 112 valence electrons. The molecule has 0 amide bonds. The molecule has 1 heterocycles. The lowest BCUT2D eigenvalue weighted by molar-refractivity contribution is 0.242. The summed E-state index contributed by atoms with van der Waals surface area (Å²) < 4.78 is 5.66. The molecule has 3 nitrogen and oxygen atoms in total. The van der Waals surface area contributed by atoms with Crippen molar-refractivity contribution in [2.45, 2.75) is 52.3 Å². The molecule has 3 heteroatoms.